The number of benzene rings is 1. The highest BCUT2D eigenvalue weighted by Gasteiger charge is 2.31. The molecule has 1 saturated heterocycles. The van der Waals surface area contributed by atoms with Crippen molar-refractivity contribution in [2.75, 3.05) is 44.3 Å². The van der Waals surface area contributed by atoms with Crippen LogP contribution in [0.4, 0.5) is 5.69 Å². The molecule has 1 unspecified atom stereocenters. The van der Waals surface area contributed by atoms with Crippen molar-refractivity contribution in [2.24, 2.45) is 5.29 Å². The standard InChI is InChI=1S/C14H19ClN4O2/c15-12-3-1-4-13-14(12)21-10-11(19(13)17-20)9-18-7-2-5-16-6-8-18/h1,3-4,11,16H,2,5-10H2. The van der Waals surface area contributed by atoms with E-state index in [2.05, 4.69) is 15.5 Å². The van der Waals surface area contributed by atoms with Gasteiger partial charge < -0.3 is 10.1 Å². The molecular formula is C14H19ClN4O2. The molecule has 6 nitrogen and oxygen atoms in total. The lowest BCUT2D eigenvalue weighted by molar-refractivity contribution is 0.202. The zero-order valence-corrected chi connectivity index (χ0v) is 12.6. The van der Waals surface area contributed by atoms with E-state index in [1.54, 1.807) is 12.1 Å². The summed E-state index contributed by atoms with van der Waals surface area (Å²) in [5.41, 5.74) is 0.654. The highest BCUT2D eigenvalue weighted by molar-refractivity contribution is 6.32. The first-order valence-corrected chi connectivity index (χ1v) is 7.64. The lowest BCUT2D eigenvalue weighted by Crippen LogP contribution is -2.48. The van der Waals surface area contributed by atoms with Gasteiger partial charge in [0.05, 0.1) is 10.3 Å². The van der Waals surface area contributed by atoms with E-state index < -0.39 is 0 Å². The second-order valence-corrected chi connectivity index (χ2v) is 5.79. The highest BCUT2D eigenvalue weighted by Crippen LogP contribution is 2.39. The predicted octanol–water partition coefficient (Wildman–Crippen LogP) is 1.88. The minimum Gasteiger partial charge on any atom is -0.487 e. The lowest BCUT2D eigenvalue weighted by atomic mass is 10.1. The van der Waals surface area contributed by atoms with Crippen molar-refractivity contribution < 1.29 is 4.74 Å². The molecule has 2 aliphatic rings. The molecule has 0 spiro atoms. The summed E-state index contributed by atoms with van der Waals surface area (Å²) in [5.74, 6) is 0.549. The second kappa shape index (κ2) is 6.60. The number of rotatable bonds is 3. The third-order valence-electron chi connectivity index (χ3n) is 3.95. The first-order chi connectivity index (χ1) is 10.3. The Morgan fingerprint density at radius 3 is 3.14 bits per heavy atom. The van der Waals surface area contributed by atoms with Crippen LogP contribution in [0.2, 0.25) is 5.02 Å². The van der Waals surface area contributed by atoms with E-state index in [0.29, 0.717) is 23.1 Å². The minimum atomic E-state index is -0.0773. The molecule has 1 N–H and O–H groups in total. The van der Waals surface area contributed by atoms with Crippen molar-refractivity contribution in [3.63, 3.8) is 0 Å². The number of hydrogen-bond donors (Lipinski definition) is 1. The summed E-state index contributed by atoms with van der Waals surface area (Å²) < 4.78 is 5.76. The Hall–Kier alpha value is -1.37. The van der Waals surface area contributed by atoms with Gasteiger partial charge in [-0.1, -0.05) is 17.7 Å². The van der Waals surface area contributed by atoms with E-state index in [0.717, 1.165) is 39.1 Å². The van der Waals surface area contributed by atoms with Gasteiger partial charge in [-0.25, -0.2) is 5.01 Å². The fourth-order valence-corrected chi connectivity index (χ4v) is 3.11. The van der Waals surface area contributed by atoms with Crippen LogP contribution in [-0.4, -0.2) is 50.3 Å². The van der Waals surface area contributed by atoms with Crippen LogP contribution in [0.25, 0.3) is 0 Å². The molecule has 0 amide bonds. The summed E-state index contributed by atoms with van der Waals surface area (Å²) >= 11 is 6.11. The van der Waals surface area contributed by atoms with Gasteiger partial charge in [-0.2, -0.15) is 0 Å². The zero-order valence-electron chi connectivity index (χ0n) is 11.8. The monoisotopic (exact) mass is 310 g/mol. The first kappa shape index (κ1) is 14.6. The third kappa shape index (κ3) is 3.12. The van der Waals surface area contributed by atoms with Crippen LogP contribution < -0.4 is 15.1 Å². The van der Waals surface area contributed by atoms with Crippen LogP contribution in [0.15, 0.2) is 23.5 Å². The van der Waals surface area contributed by atoms with E-state index in [-0.39, 0.29) is 6.04 Å². The van der Waals surface area contributed by atoms with Crippen molar-refractivity contribution in [1.82, 2.24) is 10.2 Å². The Kier molecular flexibility index (Phi) is 4.57. The molecule has 1 aromatic carbocycles. The van der Waals surface area contributed by atoms with Crippen LogP contribution >= 0.6 is 11.6 Å². The van der Waals surface area contributed by atoms with Crippen molar-refractivity contribution >= 4 is 17.3 Å². The van der Waals surface area contributed by atoms with Crippen LogP contribution in [0.3, 0.4) is 0 Å². The molecule has 114 valence electrons. The normalized spacial score (nSPS) is 23.1. The molecule has 1 atom stereocenters. The van der Waals surface area contributed by atoms with Crippen molar-refractivity contribution in [3.8, 4) is 5.75 Å². The minimum absolute atomic E-state index is 0.0773. The highest BCUT2D eigenvalue weighted by atomic mass is 35.5. The van der Waals surface area contributed by atoms with E-state index >= 15 is 0 Å². The van der Waals surface area contributed by atoms with Gasteiger partial charge in [-0.3, -0.25) is 4.90 Å². The predicted molar refractivity (Wildman–Crippen MR) is 82.9 cm³/mol. The number of para-hydroxylation sites is 1. The molecular weight excluding hydrogens is 292 g/mol. The van der Waals surface area contributed by atoms with Gasteiger partial charge in [0, 0.05) is 19.6 Å². The molecule has 1 aromatic rings. The molecule has 1 fully saturated rings. The fraction of sp³-hybridized carbons (Fsp3) is 0.571. The van der Waals surface area contributed by atoms with Gasteiger partial charge >= 0.3 is 0 Å². The van der Waals surface area contributed by atoms with E-state index in [4.69, 9.17) is 16.3 Å². The molecule has 7 heteroatoms. The quantitative estimate of drug-likeness (QED) is 0.864. The van der Waals surface area contributed by atoms with Crippen molar-refractivity contribution in [2.45, 2.75) is 12.5 Å². The number of ether oxygens (including phenoxy) is 1. The van der Waals surface area contributed by atoms with Gasteiger partial charge in [0.25, 0.3) is 0 Å². The molecule has 2 heterocycles. The van der Waals surface area contributed by atoms with Crippen LogP contribution in [0.1, 0.15) is 6.42 Å². The fourth-order valence-electron chi connectivity index (χ4n) is 2.89. The first-order valence-electron chi connectivity index (χ1n) is 7.26. The SMILES string of the molecule is O=NN1c2cccc(Cl)c2OCC1CN1CCCNCC1. The number of anilines is 1. The van der Waals surface area contributed by atoms with Gasteiger partial charge in [-0.05, 0) is 31.6 Å². The summed E-state index contributed by atoms with van der Waals surface area (Å²) in [4.78, 5) is 13.6. The number of nitroso groups, excluding NO2 is 1. The Morgan fingerprint density at radius 2 is 2.29 bits per heavy atom. The number of fused-ring (bicyclic) bond motifs is 1. The van der Waals surface area contributed by atoms with E-state index in [1.807, 2.05) is 6.07 Å². The number of hydrogen-bond acceptors (Lipinski definition) is 5. The van der Waals surface area contributed by atoms with Gasteiger partial charge in [-0.15, -0.1) is 4.91 Å². The van der Waals surface area contributed by atoms with Crippen LogP contribution in [-0.2, 0) is 0 Å². The number of nitrogens with zero attached hydrogens (tertiary/aromatic N) is 3. The van der Waals surface area contributed by atoms with Crippen molar-refractivity contribution in [3.05, 3.63) is 28.1 Å². The molecule has 2 aliphatic heterocycles. The maximum Gasteiger partial charge on any atom is 0.163 e. The largest absolute Gasteiger partial charge is 0.487 e. The number of halogens is 1. The zero-order chi connectivity index (χ0) is 14.7. The molecule has 21 heavy (non-hydrogen) atoms. The maximum atomic E-state index is 11.3. The van der Waals surface area contributed by atoms with Gasteiger partial charge in [0.1, 0.15) is 18.3 Å². The van der Waals surface area contributed by atoms with E-state index in [1.165, 1.54) is 5.01 Å². The maximum absolute atomic E-state index is 11.3. The smallest absolute Gasteiger partial charge is 0.163 e. The summed E-state index contributed by atoms with van der Waals surface area (Å²) in [6, 6.07) is 5.30. The average molecular weight is 311 g/mol. The molecule has 0 saturated carbocycles. The summed E-state index contributed by atoms with van der Waals surface area (Å²) in [6.07, 6.45) is 1.12. The van der Waals surface area contributed by atoms with Crippen LogP contribution in [0.5, 0.6) is 5.75 Å². The summed E-state index contributed by atoms with van der Waals surface area (Å²) in [7, 11) is 0. The van der Waals surface area contributed by atoms with Gasteiger partial charge in [0.2, 0.25) is 0 Å². The van der Waals surface area contributed by atoms with E-state index in [9.17, 15) is 4.91 Å². The van der Waals surface area contributed by atoms with Gasteiger partial charge in [0.15, 0.2) is 5.75 Å². The molecule has 0 aromatic heterocycles. The number of nitrogens with one attached hydrogen (secondary N) is 1. The topological polar surface area (TPSA) is 57.2 Å². The van der Waals surface area contributed by atoms with Crippen LogP contribution in [0, 0.1) is 4.91 Å². The molecule has 0 bridgehead atoms. The Balaban J connectivity index is 1.76. The second-order valence-electron chi connectivity index (χ2n) is 5.38. The van der Waals surface area contributed by atoms with Crippen molar-refractivity contribution in [1.29, 1.82) is 0 Å². The Labute approximate surface area is 128 Å². The molecule has 0 radical (unpaired) electrons. The third-order valence-corrected chi connectivity index (χ3v) is 4.25. The summed E-state index contributed by atoms with van der Waals surface area (Å²) in [6.45, 7) is 5.21. The Bertz CT molecular complexity index is 506. The summed E-state index contributed by atoms with van der Waals surface area (Å²) in [5, 5.41) is 8.59. The average Bonchev–Trinajstić information content (AvgIpc) is 2.76. The molecule has 0 aliphatic carbocycles. The Morgan fingerprint density at radius 1 is 1.38 bits per heavy atom. The lowest BCUT2D eigenvalue weighted by Gasteiger charge is -2.35. The molecule has 3 rings (SSSR count).